The van der Waals surface area contributed by atoms with E-state index in [1.807, 2.05) is 50.8 Å². The number of para-hydroxylation sites is 1. The fourth-order valence-corrected chi connectivity index (χ4v) is 4.41. The standard InChI is InChI=1S/C27H33F6N3O2/c1-7-36(8-2)15-22(18(5)25(38)35(6)23-16(3)10-9-11-17(23)4)24(37)34-21-13-19(26(28,29)30)12-20(14-21)27(31,32)33/h9-14,18,22H,7-8,15H2,1-6H3,(H,34,37). The lowest BCUT2D eigenvalue weighted by Crippen LogP contribution is -2.45. The number of benzene rings is 2. The van der Waals surface area contributed by atoms with Crippen LogP contribution < -0.4 is 10.2 Å². The van der Waals surface area contributed by atoms with Crippen LogP contribution in [0.15, 0.2) is 36.4 Å². The minimum absolute atomic E-state index is 0.00528. The van der Waals surface area contributed by atoms with Gasteiger partial charge in [-0.2, -0.15) is 26.3 Å². The number of hydrogen-bond donors (Lipinski definition) is 1. The molecule has 0 heterocycles. The predicted molar refractivity (Wildman–Crippen MR) is 135 cm³/mol. The van der Waals surface area contributed by atoms with E-state index in [9.17, 15) is 35.9 Å². The van der Waals surface area contributed by atoms with Crippen LogP contribution in [0.1, 0.15) is 43.0 Å². The summed E-state index contributed by atoms with van der Waals surface area (Å²) in [5, 5.41) is 2.22. The summed E-state index contributed by atoms with van der Waals surface area (Å²) in [5.74, 6) is -3.25. The Morgan fingerprint density at radius 1 is 0.895 bits per heavy atom. The van der Waals surface area contributed by atoms with Gasteiger partial charge in [-0.3, -0.25) is 9.59 Å². The van der Waals surface area contributed by atoms with Crippen LogP contribution in [-0.4, -0.2) is 43.4 Å². The van der Waals surface area contributed by atoms with Crippen molar-refractivity contribution in [2.75, 3.05) is 36.9 Å². The van der Waals surface area contributed by atoms with Gasteiger partial charge in [0.1, 0.15) is 0 Å². The first-order valence-electron chi connectivity index (χ1n) is 12.2. The van der Waals surface area contributed by atoms with E-state index in [-0.39, 0.29) is 12.6 Å². The number of carbonyl (C=O) groups excluding carboxylic acids is 2. The Labute approximate surface area is 218 Å². The second-order valence-corrected chi connectivity index (χ2v) is 9.30. The highest BCUT2D eigenvalue weighted by atomic mass is 19.4. The van der Waals surface area contributed by atoms with Crippen molar-refractivity contribution in [3.63, 3.8) is 0 Å². The first-order valence-corrected chi connectivity index (χ1v) is 12.2. The molecule has 11 heteroatoms. The maximum absolute atomic E-state index is 13.5. The lowest BCUT2D eigenvalue weighted by atomic mass is 9.90. The molecule has 0 fully saturated rings. The lowest BCUT2D eigenvalue weighted by molar-refractivity contribution is -0.143. The molecule has 2 amide bonds. The molecule has 0 aliphatic heterocycles. The fraction of sp³-hybridized carbons (Fsp3) is 0.481. The van der Waals surface area contributed by atoms with E-state index >= 15 is 0 Å². The average Bonchev–Trinajstić information content (AvgIpc) is 2.82. The van der Waals surface area contributed by atoms with Crippen LogP contribution in [0.3, 0.4) is 0 Å². The van der Waals surface area contributed by atoms with Gasteiger partial charge < -0.3 is 15.1 Å². The van der Waals surface area contributed by atoms with Gasteiger partial charge in [-0.15, -0.1) is 0 Å². The molecule has 0 spiro atoms. The Balaban J connectivity index is 2.47. The number of aryl methyl sites for hydroxylation is 2. The molecule has 1 N–H and O–H groups in total. The van der Waals surface area contributed by atoms with Crippen molar-refractivity contribution in [2.24, 2.45) is 11.8 Å². The van der Waals surface area contributed by atoms with E-state index in [1.54, 1.807) is 7.05 Å². The minimum atomic E-state index is -5.06. The zero-order valence-corrected chi connectivity index (χ0v) is 22.2. The summed E-state index contributed by atoms with van der Waals surface area (Å²) in [5.41, 5.74) is -1.39. The highest BCUT2D eigenvalue weighted by molar-refractivity contribution is 6.01. The average molecular weight is 546 g/mol. The molecular formula is C27H33F6N3O2. The van der Waals surface area contributed by atoms with Crippen molar-refractivity contribution in [1.29, 1.82) is 0 Å². The second kappa shape index (κ2) is 12.2. The molecule has 0 aliphatic rings. The summed E-state index contributed by atoms with van der Waals surface area (Å²) in [6, 6.07) is 6.42. The Hall–Kier alpha value is -3.08. The molecule has 2 atom stereocenters. The van der Waals surface area contributed by atoms with Gasteiger partial charge >= 0.3 is 12.4 Å². The number of halogens is 6. The highest BCUT2D eigenvalue weighted by Gasteiger charge is 2.38. The Morgan fingerprint density at radius 2 is 1.37 bits per heavy atom. The fourth-order valence-electron chi connectivity index (χ4n) is 4.41. The van der Waals surface area contributed by atoms with Crippen LogP contribution in [0.2, 0.25) is 0 Å². The molecule has 2 aromatic rings. The molecule has 210 valence electrons. The topological polar surface area (TPSA) is 52.7 Å². The number of rotatable bonds is 9. The SMILES string of the molecule is CCN(CC)CC(C(=O)Nc1cc(C(F)(F)F)cc(C(F)(F)F)c1)C(C)C(=O)N(C)c1c(C)cccc1C. The second-order valence-electron chi connectivity index (χ2n) is 9.30. The largest absolute Gasteiger partial charge is 0.416 e. The smallest absolute Gasteiger partial charge is 0.326 e. The van der Waals surface area contributed by atoms with E-state index in [4.69, 9.17) is 0 Å². The van der Waals surface area contributed by atoms with Gasteiger partial charge in [0.05, 0.1) is 17.0 Å². The van der Waals surface area contributed by atoms with Gasteiger partial charge in [-0.1, -0.05) is 39.0 Å². The Kier molecular flexibility index (Phi) is 9.99. The molecule has 0 saturated heterocycles. The molecule has 2 unspecified atom stereocenters. The van der Waals surface area contributed by atoms with Crippen LogP contribution >= 0.6 is 0 Å². The van der Waals surface area contributed by atoms with Crippen molar-refractivity contribution in [2.45, 2.75) is 47.0 Å². The van der Waals surface area contributed by atoms with E-state index in [0.717, 1.165) is 11.1 Å². The number of nitrogens with zero attached hydrogens (tertiary/aromatic N) is 2. The van der Waals surface area contributed by atoms with Crippen LogP contribution in [-0.2, 0) is 21.9 Å². The summed E-state index contributed by atoms with van der Waals surface area (Å²) < 4.78 is 79.8. The number of amides is 2. The van der Waals surface area contributed by atoms with Crippen molar-refractivity contribution < 1.29 is 35.9 Å². The van der Waals surface area contributed by atoms with Gasteiger partial charge in [-0.05, 0) is 56.3 Å². The molecule has 0 aliphatic carbocycles. The maximum Gasteiger partial charge on any atom is 0.416 e. The number of anilines is 2. The van der Waals surface area contributed by atoms with Crippen LogP contribution in [0.4, 0.5) is 37.7 Å². The van der Waals surface area contributed by atoms with Gasteiger partial charge in [0.2, 0.25) is 11.8 Å². The highest BCUT2D eigenvalue weighted by Crippen LogP contribution is 2.38. The van der Waals surface area contributed by atoms with E-state index in [1.165, 1.54) is 11.8 Å². The van der Waals surface area contributed by atoms with Gasteiger partial charge in [0.15, 0.2) is 0 Å². The summed E-state index contributed by atoms with van der Waals surface area (Å²) in [6.07, 6.45) is -10.1. The normalized spacial score (nSPS) is 13.8. The van der Waals surface area contributed by atoms with E-state index in [2.05, 4.69) is 5.32 Å². The molecule has 2 aromatic carbocycles. The maximum atomic E-state index is 13.5. The van der Waals surface area contributed by atoms with Crippen molar-refractivity contribution in [1.82, 2.24) is 4.90 Å². The lowest BCUT2D eigenvalue weighted by Gasteiger charge is -2.31. The molecular weight excluding hydrogens is 512 g/mol. The van der Waals surface area contributed by atoms with Gasteiger partial charge in [0, 0.05) is 30.9 Å². The zero-order chi connectivity index (χ0) is 29.0. The first-order chi connectivity index (χ1) is 17.5. The molecule has 0 aromatic heterocycles. The third-order valence-electron chi connectivity index (χ3n) is 6.64. The van der Waals surface area contributed by atoms with Crippen LogP contribution in [0.25, 0.3) is 0 Å². The first kappa shape index (κ1) is 31.1. The number of nitrogens with one attached hydrogen (secondary N) is 1. The van der Waals surface area contributed by atoms with E-state index < -0.39 is 52.8 Å². The summed E-state index contributed by atoms with van der Waals surface area (Å²) in [4.78, 5) is 30.2. The molecule has 2 rings (SSSR count). The summed E-state index contributed by atoms with van der Waals surface area (Å²) >= 11 is 0. The van der Waals surface area contributed by atoms with Crippen molar-refractivity contribution in [3.05, 3.63) is 58.7 Å². The summed E-state index contributed by atoms with van der Waals surface area (Å²) in [7, 11) is 1.57. The van der Waals surface area contributed by atoms with Crippen LogP contribution in [0.5, 0.6) is 0 Å². The van der Waals surface area contributed by atoms with Crippen molar-refractivity contribution >= 4 is 23.2 Å². The zero-order valence-electron chi connectivity index (χ0n) is 22.2. The molecule has 0 radical (unpaired) electrons. The number of carbonyl (C=O) groups is 2. The molecule has 38 heavy (non-hydrogen) atoms. The molecule has 0 saturated carbocycles. The third-order valence-corrected chi connectivity index (χ3v) is 6.64. The predicted octanol–water partition coefficient (Wildman–Crippen LogP) is 6.54. The Morgan fingerprint density at radius 3 is 1.79 bits per heavy atom. The molecule has 5 nitrogen and oxygen atoms in total. The minimum Gasteiger partial charge on any atom is -0.326 e. The summed E-state index contributed by atoms with van der Waals surface area (Å²) in [6.45, 7) is 10.0. The third kappa shape index (κ3) is 7.49. The molecule has 0 bridgehead atoms. The van der Waals surface area contributed by atoms with E-state index in [0.29, 0.717) is 30.9 Å². The number of alkyl halides is 6. The van der Waals surface area contributed by atoms with Gasteiger partial charge in [0.25, 0.3) is 0 Å². The monoisotopic (exact) mass is 545 g/mol. The van der Waals surface area contributed by atoms with Crippen molar-refractivity contribution in [3.8, 4) is 0 Å². The quantitative estimate of drug-likeness (QED) is 0.364. The van der Waals surface area contributed by atoms with Gasteiger partial charge in [-0.25, -0.2) is 0 Å². The van der Waals surface area contributed by atoms with Crippen LogP contribution in [0, 0.1) is 25.7 Å². The number of hydrogen-bond acceptors (Lipinski definition) is 3. The Bertz CT molecular complexity index is 1090.